The lowest BCUT2D eigenvalue weighted by molar-refractivity contribution is -0.129. The molecule has 0 spiro atoms. The van der Waals surface area contributed by atoms with Gasteiger partial charge in [0.05, 0.1) is 0 Å². The molecule has 0 radical (unpaired) electrons. The van der Waals surface area contributed by atoms with Crippen LogP contribution in [0.25, 0.3) is 0 Å². The van der Waals surface area contributed by atoms with Crippen molar-refractivity contribution in [1.82, 2.24) is 0 Å². The van der Waals surface area contributed by atoms with Gasteiger partial charge in [-0.25, -0.2) is 4.79 Å². The molecule has 1 aromatic rings. The van der Waals surface area contributed by atoms with Crippen molar-refractivity contribution in [3.8, 4) is 0 Å². The molecule has 0 saturated carbocycles. The molecule has 2 N–H and O–H groups in total. The summed E-state index contributed by atoms with van der Waals surface area (Å²) in [7, 11) is 0. The molecule has 0 atom stereocenters. The average Bonchev–Trinajstić information content (AvgIpc) is 2.19. The molecule has 0 aliphatic rings. The minimum atomic E-state index is -1.56. The van der Waals surface area contributed by atoms with Crippen molar-refractivity contribution >= 4 is 33.4 Å². The third-order valence-corrected chi connectivity index (χ3v) is 2.15. The zero-order valence-corrected chi connectivity index (χ0v) is 8.93. The lowest BCUT2D eigenvalue weighted by Crippen LogP contribution is -2.23. The number of oxime groups is 1. The van der Waals surface area contributed by atoms with E-state index in [-0.39, 0.29) is 5.56 Å². The summed E-state index contributed by atoms with van der Waals surface area (Å²) in [5.74, 6) is -2.40. The fourth-order valence-electron chi connectivity index (χ4n) is 0.923. The number of rotatable bonds is 3. The molecule has 78 valence electrons. The Hall–Kier alpha value is -1.69. The van der Waals surface area contributed by atoms with Crippen LogP contribution >= 0.6 is 15.9 Å². The van der Waals surface area contributed by atoms with Crippen LogP contribution in [0.3, 0.4) is 0 Å². The van der Waals surface area contributed by atoms with E-state index < -0.39 is 17.5 Å². The summed E-state index contributed by atoms with van der Waals surface area (Å²) in [5, 5.41) is 19.3. The number of carbonyl (C=O) groups excluding carboxylic acids is 1. The molecule has 0 aliphatic carbocycles. The predicted molar refractivity (Wildman–Crippen MR) is 55.3 cm³/mol. The van der Waals surface area contributed by atoms with Crippen LogP contribution < -0.4 is 0 Å². The number of halogens is 1. The van der Waals surface area contributed by atoms with Gasteiger partial charge < -0.3 is 10.3 Å². The molecular weight excluding hydrogens is 266 g/mol. The first-order valence-corrected chi connectivity index (χ1v) is 4.61. The van der Waals surface area contributed by atoms with Gasteiger partial charge in [0.1, 0.15) is 0 Å². The van der Waals surface area contributed by atoms with Gasteiger partial charge in [0, 0.05) is 10.0 Å². The van der Waals surface area contributed by atoms with Crippen molar-refractivity contribution in [3.63, 3.8) is 0 Å². The molecule has 0 aromatic heterocycles. The van der Waals surface area contributed by atoms with Crippen LogP contribution in [0.15, 0.2) is 33.9 Å². The quantitative estimate of drug-likeness (QED) is 0.287. The monoisotopic (exact) mass is 271 g/mol. The molecule has 6 heteroatoms. The normalized spacial score (nSPS) is 11.1. The van der Waals surface area contributed by atoms with Crippen LogP contribution in [0.1, 0.15) is 10.4 Å². The molecular formula is C9H6BrNO4. The lowest BCUT2D eigenvalue weighted by atomic mass is 10.1. The second-order valence-corrected chi connectivity index (χ2v) is 3.51. The van der Waals surface area contributed by atoms with Gasteiger partial charge in [-0.15, -0.1) is 0 Å². The van der Waals surface area contributed by atoms with Gasteiger partial charge in [0.2, 0.25) is 11.5 Å². The first-order valence-electron chi connectivity index (χ1n) is 3.82. The number of nitrogens with zero attached hydrogens (tertiary/aromatic N) is 1. The summed E-state index contributed by atoms with van der Waals surface area (Å²) in [5.41, 5.74) is -0.759. The minimum Gasteiger partial charge on any atom is -0.476 e. The molecule has 0 amide bonds. The van der Waals surface area contributed by atoms with E-state index >= 15 is 0 Å². The van der Waals surface area contributed by atoms with Gasteiger partial charge >= 0.3 is 5.97 Å². The second kappa shape index (κ2) is 4.70. The largest absolute Gasteiger partial charge is 0.476 e. The van der Waals surface area contributed by atoms with Crippen molar-refractivity contribution in [2.24, 2.45) is 5.16 Å². The number of carbonyl (C=O) groups is 2. The first kappa shape index (κ1) is 11.4. The maximum Gasteiger partial charge on any atom is 0.362 e. The summed E-state index contributed by atoms with van der Waals surface area (Å²) < 4.78 is 0.761. The fourth-order valence-corrected chi connectivity index (χ4v) is 1.19. The second-order valence-electron chi connectivity index (χ2n) is 2.59. The van der Waals surface area contributed by atoms with E-state index in [2.05, 4.69) is 21.1 Å². The molecule has 5 nitrogen and oxygen atoms in total. The zero-order chi connectivity index (χ0) is 11.4. The highest BCUT2D eigenvalue weighted by Crippen LogP contribution is 2.11. The molecule has 0 unspecified atom stereocenters. The highest BCUT2D eigenvalue weighted by Gasteiger charge is 2.21. The van der Waals surface area contributed by atoms with E-state index in [0.29, 0.717) is 0 Å². The number of carboxylic acid groups (broad SMARTS) is 1. The maximum absolute atomic E-state index is 11.4. The lowest BCUT2D eigenvalue weighted by Gasteiger charge is -1.99. The summed E-state index contributed by atoms with van der Waals surface area (Å²) in [6.07, 6.45) is 0. The topological polar surface area (TPSA) is 87.0 Å². The molecule has 0 bridgehead atoms. The van der Waals surface area contributed by atoms with Crippen molar-refractivity contribution < 1.29 is 19.9 Å². The Morgan fingerprint density at radius 3 is 2.13 bits per heavy atom. The van der Waals surface area contributed by atoms with E-state index in [1.165, 1.54) is 12.1 Å². The fraction of sp³-hybridized carbons (Fsp3) is 0. The van der Waals surface area contributed by atoms with Crippen LogP contribution in [0.5, 0.6) is 0 Å². The number of hydrogen-bond donors (Lipinski definition) is 2. The molecule has 1 aromatic carbocycles. The summed E-state index contributed by atoms with van der Waals surface area (Å²) in [6.45, 7) is 0. The minimum absolute atomic E-state index is 0.147. The number of carboxylic acids is 1. The van der Waals surface area contributed by atoms with Crippen molar-refractivity contribution in [2.75, 3.05) is 0 Å². The Morgan fingerprint density at radius 2 is 1.73 bits per heavy atom. The van der Waals surface area contributed by atoms with Crippen molar-refractivity contribution in [1.29, 1.82) is 0 Å². The van der Waals surface area contributed by atoms with Gasteiger partial charge in [-0.3, -0.25) is 4.79 Å². The standard InChI is InChI=1S/C9H6BrNO4/c10-6-3-1-5(2-4-6)8(12)7(11-15)9(13)14/h1-4,15H,(H,13,14)/b11-7+. The first-order chi connectivity index (χ1) is 7.06. The third-order valence-electron chi connectivity index (χ3n) is 1.62. The molecule has 0 heterocycles. The van der Waals surface area contributed by atoms with Crippen molar-refractivity contribution in [2.45, 2.75) is 0 Å². The Kier molecular flexibility index (Phi) is 3.56. The van der Waals surface area contributed by atoms with Gasteiger partial charge in [0.25, 0.3) is 0 Å². The summed E-state index contributed by atoms with van der Waals surface area (Å²) in [4.78, 5) is 21.9. The number of Topliss-reactive ketones (excluding diaryl/α,β-unsaturated/α-hetero) is 1. The molecule has 1 rings (SSSR count). The number of aliphatic carboxylic acids is 1. The Labute approximate surface area is 93.2 Å². The number of benzene rings is 1. The number of hydrogen-bond acceptors (Lipinski definition) is 4. The summed E-state index contributed by atoms with van der Waals surface area (Å²) in [6, 6.07) is 6.04. The maximum atomic E-state index is 11.4. The zero-order valence-electron chi connectivity index (χ0n) is 7.35. The molecule has 0 saturated heterocycles. The van der Waals surface area contributed by atoms with E-state index in [0.717, 1.165) is 4.47 Å². The van der Waals surface area contributed by atoms with E-state index in [9.17, 15) is 9.59 Å². The van der Waals surface area contributed by atoms with E-state index in [1.54, 1.807) is 12.1 Å². The highest BCUT2D eigenvalue weighted by atomic mass is 79.9. The SMILES string of the molecule is O=C(O)/C(=N/O)C(=O)c1ccc(Br)cc1. The van der Waals surface area contributed by atoms with Crippen LogP contribution in [-0.4, -0.2) is 27.8 Å². The Bertz CT molecular complexity index is 424. The number of ketones is 1. The van der Waals surface area contributed by atoms with Crippen LogP contribution in [0.4, 0.5) is 0 Å². The third kappa shape index (κ3) is 2.63. The average molecular weight is 272 g/mol. The highest BCUT2D eigenvalue weighted by molar-refractivity contribution is 9.10. The van der Waals surface area contributed by atoms with Gasteiger partial charge in [-0.1, -0.05) is 21.1 Å². The van der Waals surface area contributed by atoms with Crippen LogP contribution in [-0.2, 0) is 4.79 Å². The smallest absolute Gasteiger partial charge is 0.362 e. The van der Waals surface area contributed by atoms with E-state index in [4.69, 9.17) is 10.3 Å². The van der Waals surface area contributed by atoms with Crippen molar-refractivity contribution in [3.05, 3.63) is 34.3 Å². The Balaban J connectivity index is 3.04. The van der Waals surface area contributed by atoms with E-state index in [1.807, 2.05) is 0 Å². The van der Waals surface area contributed by atoms with Gasteiger partial charge in [-0.2, -0.15) is 0 Å². The Morgan fingerprint density at radius 1 is 1.20 bits per heavy atom. The molecule has 0 aliphatic heterocycles. The van der Waals surface area contributed by atoms with Crippen LogP contribution in [0, 0.1) is 0 Å². The molecule has 15 heavy (non-hydrogen) atoms. The van der Waals surface area contributed by atoms with Gasteiger partial charge in [0.15, 0.2) is 0 Å². The molecule has 0 fully saturated rings. The van der Waals surface area contributed by atoms with Gasteiger partial charge in [-0.05, 0) is 24.3 Å². The summed E-state index contributed by atoms with van der Waals surface area (Å²) >= 11 is 3.17. The predicted octanol–water partition coefficient (Wildman–Crippen LogP) is 1.55. The van der Waals surface area contributed by atoms with Crippen LogP contribution in [0.2, 0.25) is 0 Å².